The van der Waals surface area contributed by atoms with Crippen molar-refractivity contribution in [3.05, 3.63) is 82.6 Å². The Hall–Kier alpha value is -2.21. The maximum Gasteiger partial charge on any atom is 0.157 e. The third kappa shape index (κ3) is 3.90. The Kier molecular flexibility index (Phi) is 4.78. The van der Waals surface area contributed by atoms with Crippen molar-refractivity contribution >= 4 is 11.6 Å². The summed E-state index contributed by atoms with van der Waals surface area (Å²) in [6, 6.07) is 18.2. The summed E-state index contributed by atoms with van der Waals surface area (Å²) in [4.78, 5) is 2.28. The van der Waals surface area contributed by atoms with Gasteiger partial charge in [0.15, 0.2) is 6.23 Å². The molecule has 0 spiro atoms. The van der Waals surface area contributed by atoms with Gasteiger partial charge in [0.1, 0.15) is 5.69 Å². The first-order chi connectivity index (χ1) is 12.3. The van der Waals surface area contributed by atoms with Crippen molar-refractivity contribution in [2.45, 2.75) is 19.3 Å². The molecule has 1 fully saturated rings. The fraction of sp³-hybridized carbons (Fsp3) is 0.263. The summed E-state index contributed by atoms with van der Waals surface area (Å²) >= 11 is 6.04. The molecule has 6 heteroatoms. The second-order valence-corrected chi connectivity index (χ2v) is 6.59. The van der Waals surface area contributed by atoms with E-state index in [0.29, 0.717) is 13.2 Å². The molecular weight excluding hydrogens is 336 g/mol. The lowest BCUT2D eigenvalue weighted by Crippen LogP contribution is -2.23. The van der Waals surface area contributed by atoms with Crippen molar-refractivity contribution in [3.63, 3.8) is 0 Å². The predicted octanol–water partition coefficient (Wildman–Crippen LogP) is 3.51. The fourth-order valence-corrected chi connectivity index (χ4v) is 3.30. The SMILES string of the molecule is Clc1cccc(Cn2cc(C3OCCN3Cc3ccccc3)nn2)c1. The monoisotopic (exact) mass is 354 g/mol. The summed E-state index contributed by atoms with van der Waals surface area (Å²) in [6.45, 7) is 3.07. The fourth-order valence-electron chi connectivity index (χ4n) is 3.08. The standard InChI is InChI=1S/C19H19ClN4O/c20-17-8-4-7-16(11-17)13-24-14-18(21-22-24)19-23(9-10-25-19)12-15-5-2-1-3-6-15/h1-8,11,14,19H,9-10,12-13H2. The summed E-state index contributed by atoms with van der Waals surface area (Å²) in [6.07, 6.45) is 1.81. The van der Waals surface area contributed by atoms with Crippen LogP contribution >= 0.6 is 11.6 Å². The summed E-state index contributed by atoms with van der Waals surface area (Å²) in [5.41, 5.74) is 3.21. The van der Waals surface area contributed by atoms with E-state index in [0.717, 1.165) is 29.4 Å². The van der Waals surface area contributed by atoms with Crippen LogP contribution in [0.1, 0.15) is 23.0 Å². The van der Waals surface area contributed by atoms with E-state index in [1.54, 1.807) is 0 Å². The molecular formula is C19H19ClN4O. The summed E-state index contributed by atoms with van der Waals surface area (Å²) in [7, 11) is 0. The highest BCUT2D eigenvalue weighted by atomic mass is 35.5. The molecule has 1 unspecified atom stereocenters. The van der Waals surface area contributed by atoms with E-state index in [1.807, 2.05) is 41.2 Å². The molecule has 25 heavy (non-hydrogen) atoms. The first kappa shape index (κ1) is 16.3. The molecule has 0 aliphatic carbocycles. The first-order valence-corrected chi connectivity index (χ1v) is 8.70. The molecule has 1 aliphatic rings. The predicted molar refractivity (Wildman–Crippen MR) is 96.1 cm³/mol. The van der Waals surface area contributed by atoms with Gasteiger partial charge < -0.3 is 4.74 Å². The second kappa shape index (κ2) is 7.35. The van der Waals surface area contributed by atoms with Gasteiger partial charge in [0, 0.05) is 18.1 Å². The van der Waals surface area contributed by atoms with Crippen molar-refractivity contribution in [3.8, 4) is 0 Å². The number of ether oxygens (including phenoxy) is 1. The molecule has 2 aromatic carbocycles. The number of rotatable bonds is 5. The quantitative estimate of drug-likeness (QED) is 0.703. The number of benzene rings is 2. The Morgan fingerprint density at radius 1 is 1.04 bits per heavy atom. The van der Waals surface area contributed by atoms with E-state index in [1.165, 1.54) is 5.56 Å². The van der Waals surface area contributed by atoms with Crippen LogP contribution in [0.4, 0.5) is 0 Å². The van der Waals surface area contributed by atoms with Crippen molar-refractivity contribution in [1.29, 1.82) is 0 Å². The number of hydrogen-bond acceptors (Lipinski definition) is 4. The van der Waals surface area contributed by atoms with E-state index in [4.69, 9.17) is 16.3 Å². The van der Waals surface area contributed by atoms with Crippen LogP contribution < -0.4 is 0 Å². The molecule has 1 aromatic heterocycles. The average Bonchev–Trinajstić information content (AvgIpc) is 3.25. The Bertz CT molecular complexity index is 836. The first-order valence-electron chi connectivity index (χ1n) is 8.32. The number of aromatic nitrogens is 3. The lowest BCUT2D eigenvalue weighted by molar-refractivity contribution is 0.0252. The molecule has 1 saturated heterocycles. The Morgan fingerprint density at radius 3 is 2.72 bits per heavy atom. The van der Waals surface area contributed by atoms with Crippen LogP contribution in [0, 0.1) is 0 Å². The van der Waals surface area contributed by atoms with E-state index < -0.39 is 0 Å². The van der Waals surface area contributed by atoms with E-state index >= 15 is 0 Å². The van der Waals surface area contributed by atoms with Gasteiger partial charge in [0.05, 0.1) is 19.3 Å². The Labute approximate surface area is 151 Å². The van der Waals surface area contributed by atoms with E-state index in [-0.39, 0.29) is 6.23 Å². The molecule has 4 rings (SSSR count). The molecule has 128 valence electrons. The van der Waals surface area contributed by atoms with E-state index in [9.17, 15) is 0 Å². The van der Waals surface area contributed by atoms with Gasteiger partial charge in [-0.15, -0.1) is 5.10 Å². The minimum atomic E-state index is -0.145. The summed E-state index contributed by atoms with van der Waals surface area (Å²) in [5.74, 6) is 0. The minimum absolute atomic E-state index is 0.145. The lowest BCUT2D eigenvalue weighted by Gasteiger charge is -2.20. The smallest absolute Gasteiger partial charge is 0.157 e. The van der Waals surface area contributed by atoms with Gasteiger partial charge in [0.25, 0.3) is 0 Å². The zero-order valence-corrected chi connectivity index (χ0v) is 14.5. The van der Waals surface area contributed by atoms with Gasteiger partial charge in [-0.1, -0.05) is 59.3 Å². The maximum absolute atomic E-state index is 6.04. The van der Waals surface area contributed by atoms with E-state index in [2.05, 4.69) is 39.5 Å². The number of nitrogens with zero attached hydrogens (tertiary/aromatic N) is 4. The zero-order valence-electron chi connectivity index (χ0n) is 13.8. The molecule has 0 N–H and O–H groups in total. The topological polar surface area (TPSA) is 43.2 Å². The van der Waals surface area contributed by atoms with Crippen LogP contribution in [0.15, 0.2) is 60.8 Å². The average molecular weight is 355 g/mol. The molecule has 1 atom stereocenters. The normalized spacial score (nSPS) is 17.9. The van der Waals surface area contributed by atoms with Crippen molar-refractivity contribution in [2.75, 3.05) is 13.2 Å². The van der Waals surface area contributed by atoms with Crippen molar-refractivity contribution < 1.29 is 4.74 Å². The van der Waals surface area contributed by atoms with Crippen LogP contribution in [0.25, 0.3) is 0 Å². The van der Waals surface area contributed by atoms with Gasteiger partial charge in [-0.3, -0.25) is 4.90 Å². The van der Waals surface area contributed by atoms with Crippen LogP contribution in [-0.4, -0.2) is 33.0 Å². The highest BCUT2D eigenvalue weighted by molar-refractivity contribution is 6.30. The second-order valence-electron chi connectivity index (χ2n) is 6.15. The van der Waals surface area contributed by atoms with Gasteiger partial charge in [-0.25, -0.2) is 4.68 Å². The zero-order chi connectivity index (χ0) is 17.1. The largest absolute Gasteiger partial charge is 0.356 e. The van der Waals surface area contributed by atoms with Gasteiger partial charge in [-0.05, 0) is 23.3 Å². The van der Waals surface area contributed by atoms with Gasteiger partial charge in [-0.2, -0.15) is 0 Å². The van der Waals surface area contributed by atoms with Crippen molar-refractivity contribution in [1.82, 2.24) is 19.9 Å². The third-order valence-electron chi connectivity index (χ3n) is 4.26. The molecule has 1 aliphatic heterocycles. The molecule has 2 heterocycles. The van der Waals surface area contributed by atoms with Crippen LogP contribution in [0.2, 0.25) is 5.02 Å². The molecule has 3 aromatic rings. The molecule has 0 amide bonds. The number of hydrogen-bond donors (Lipinski definition) is 0. The van der Waals surface area contributed by atoms with Crippen LogP contribution in [-0.2, 0) is 17.8 Å². The molecule has 0 bridgehead atoms. The Balaban J connectivity index is 1.47. The summed E-state index contributed by atoms with van der Waals surface area (Å²) in [5, 5.41) is 9.29. The highest BCUT2D eigenvalue weighted by Gasteiger charge is 2.29. The number of halogens is 1. The molecule has 0 saturated carbocycles. The lowest BCUT2D eigenvalue weighted by atomic mass is 10.2. The van der Waals surface area contributed by atoms with Crippen LogP contribution in [0.3, 0.4) is 0 Å². The summed E-state index contributed by atoms with van der Waals surface area (Å²) < 4.78 is 7.72. The molecule has 5 nitrogen and oxygen atoms in total. The molecule has 0 radical (unpaired) electrons. The van der Waals surface area contributed by atoms with Gasteiger partial charge >= 0.3 is 0 Å². The maximum atomic E-state index is 6.04. The minimum Gasteiger partial charge on any atom is -0.356 e. The van der Waals surface area contributed by atoms with Gasteiger partial charge in [0.2, 0.25) is 0 Å². The van der Waals surface area contributed by atoms with Crippen molar-refractivity contribution in [2.24, 2.45) is 0 Å². The third-order valence-corrected chi connectivity index (χ3v) is 4.49. The Morgan fingerprint density at radius 2 is 1.88 bits per heavy atom. The highest BCUT2D eigenvalue weighted by Crippen LogP contribution is 2.27. The van der Waals surface area contributed by atoms with Crippen LogP contribution in [0.5, 0.6) is 0 Å².